The number of rotatable bonds is 3. The van der Waals surface area contributed by atoms with Crippen LogP contribution in [0.2, 0.25) is 0 Å². The molecule has 0 N–H and O–H groups in total. The predicted molar refractivity (Wildman–Crippen MR) is 80.2 cm³/mol. The lowest BCUT2D eigenvalue weighted by molar-refractivity contribution is -0.181. The molecule has 3 rings (SSSR count). The Balaban J connectivity index is 1.92. The van der Waals surface area contributed by atoms with Crippen molar-refractivity contribution in [2.75, 3.05) is 0 Å². The Bertz CT molecular complexity index is 437. The molecule has 3 aliphatic rings. The largest absolute Gasteiger partial charge is 0.455 e. The summed E-state index contributed by atoms with van der Waals surface area (Å²) in [4.78, 5) is 12.2. The molecule has 0 aromatic rings. The zero-order valence-corrected chi connectivity index (χ0v) is 13.2. The molecule has 0 radical (unpaired) electrons. The highest BCUT2D eigenvalue weighted by Crippen LogP contribution is 2.62. The van der Waals surface area contributed by atoms with Gasteiger partial charge in [0.1, 0.15) is 5.60 Å². The second kappa shape index (κ2) is 4.61. The molecule has 112 valence electrons. The highest BCUT2D eigenvalue weighted by molar-refractivity contribution is 5.87. The number of hydrogen-bond acceptors (Lipinski definition) is 2. The maximum atomic E-state index is 12.2. The summed E-state index contributed by atoms with van der Waals surface area (Å²) in [6, 6.07) is 0. The molecule has 3 aliphatic carbocycles. The van der Waals surface area contributed by atoms with Crippen LogP contribution in [0.5, 0.6) is 0 Å². The molecule has 0 spiro atoms. The van der Waals surface area contributed by atoms with Gasteiger partial charge < -0.3 is 4.74 Å². The average molecular weight is 276 g/mol. The van der Waals surface area contributed by atoms with Crippen LogP contribution in [-0.4, -0.2) is 11.6 Å². The Hall–Kier alpha value is -0.790. The maximum Gasteiger partial charge on any atom is 0.333 e. The molecule has 2 heteroatoms. The number of ether oxygens (including phenoxy) is 1. The van der Waals surface area contributed by atoms with E-state index in [2.05, 4.69) is 20.4 Å². The Morgan fingerprint density at radius 3 is 2.40 bits per heavy atom. The molecule has 3 fully saturated rings. The van der Waals surface area contributed by atoms with Crippen molar-refractivity contribution in [3.8, 4) is 0 Å². The van der Waals surface area contributed by atoms with Crippen molar-refractivity contribution in [2.45, 2.75) is 71.3 Å². The highest BCUT2D eigenvalue weighted by atomic mass is 16.6. The van der Waals surface area contributed by atoms with Gasteiger partial charge in [-0.3, -0.25) is 0 Å². The minimum absolute atomic E-state index is 0.104. The SMILES string of the molecule is C=C(C)C(=O)OC1(C2CC3CCC2C3)CCCC1(C)C. The third kappa shape index (κ3) is 1.95. The topological polar surface area (TPSA) is 26.3 Å². The van der Waals surface area contributed by atoms with Crippen molar-refractivity contribution in [3.05, 3.63) is 12.2 Å². The van der Waals surface area contributed by atoms with Crippen LogP contribution < -0.4 is 0 Å². The Morgan fingerprint density at radius 2 is 1.95 bits per heavy atom. The fourth-order valence-corrected chi connectivity index (χ4v) is 5.36. The van der Waals surface area contributed by atoms with Gasteiger partial charge in [0.25, 0.3) is 0 Å². The standard InChI is InChI=1S/C18H28O2/c1-12(2)16(19)20-18(9-5-8-17(18,3)4)15-11-13-6-7-14(15)10-13/h13-15H,1,5-11H2,2-4H3. The van der Waals surface area contributed by atoms with Crippen LogP contribution >= 0.6 is 0 Å². The number of carbonyl (C=O) groups is 1. The summed E-state index contributed by atoms with van der Waals surface area (Å²) in [5, 5.41) is 0. The van der Waals surface area contributed by atoms with Crippen molar-refractivity contribution in [3.63, 3.8) is 0 Å². The summed E-state index contributed by atoms with van der Waals surface area (Å²) < 4.78 is 6.17. The van der Waals surface area contributed by atoms with Crippen molar-refractivity contribution in [2.24, 2.45) is 23.2 Å². The monoisotopic (exact) mass is 276 g/mol. The fraction of sp³-hybridized carbons (Fsp3) is 0.833. The summed E-state index contributed by atoms with van der Waals surface area (Å²) in [5.74, 6) is 2.09. The van der Waals surface area contributed by atoms with E-state index in [-0.39, 0.29) is 17.0 Å². The van der Waals surface area contributed by atoms with E-state index in [1.165, 1.54) is 38.5 Å². The van der Waals surface area contributed by atoms with E-state index in [1.807, 2.05) is 0 Å². The van der Waals surface area contributed by atoms with Gasteiger partial charge in [-0.15, -0.1) is 0 Å². The first-order valence-electron chi connectivity index (χ1n) is 8.24. The van der Waals surface area contributed by atoms with Gasteiger partial charge in [0, 0.05) is 16.9 Å². The van der Waals surface area contributed by atoms with Crippen LogP contribution in [0.15, 0.2) is 12.2 Å². The lowest BCUT2D eigenvalue weighted by atomic mass is 9.65. The normalized spacial score (nSPS) is 41.9. The van der Waals surface area contributed by atoms with E-state index in [0.717, 1.165) is 18.3 Å². The second-order valence-corrected chi connectivity index (χ2v) is 8.08. The van der Waals surface area contributed by atoms with Crippen LogP contribution in [0.3, 0.4) is 0 Å². The van der Waals surface area contributed by atoms with E-state index in [1.54, 1.807) is 6.92 Å². The molecule has 2 bridgehead atoms. The van der Waals surface area contributed by atoms with E-state index >= 15 is 0 Å². The molecule has 2 nitrogen and oxygen atoms in total. The van der Waals surface area contributed by atoms with Gasteiger partial charge in [-0.05, 0) is 57.3 Å². The zero-order chi connectivity index (χ0) is 14.5. The third-order valence-electron chi connectivity index (χ3n) is 6.46. The molecule has 0 aromatic carbocycles. The molecule has 0 heterocycles. The van der Waals surface area contributed by atoms with Crippen molar-refractivity contribution in [1.29, 1.82) is 0 Å². The first-order chi connectivity index (χ1) is 9.36. The lowest BCUT2D eigenvalue weighted by Crippen LogP contribution is -2.52. The highest BCUT2D eigenvalue weighted by Gasteiger charge is 2.61. The van der Waals surface area contributed by atoms with Crippen molar-refractivity contribution >= 4 is 5.97 Å². The van der Waals surface area contributed by atoms with Gasteiger partial charge in [-0.2, -0.15) is 0 Å². The summed E-state index contributed by atoms with van der Waals surface area (Å²) in [6.45, 7) is 10.1. The Morgan fingerprint density at radius 1 is 1.20 bits per heavy atom. The van der Waals surface area contributed by atoms with Crippen LogP contribution in [0.4, 0.5) is 0 Å². The molecule has 0 aliphatic heterocycles. The van der Waals surface area contributed by atoms with Crippen molar-refractivity contribution < 1.29 is 9.53 Å². The minimum atomic E-state index is -0.233. The van der Waals surface area contributed by atoms with E-state index in [0.29, 0.717) is 11.5 Å². The van der Waals surface area contributed by atoms with Crippen LogP contribution in [-0.2, 0) is 9.53 Å². The number of fused-ring (bicyclic) bond motifs is 2. The molecular weight excluding hydrogens is 248 g/mol. The minimum Gasteiger partial charge on any atom is -0.455 e. The summed E-state index contributed by atoms with van der Waals surface area (Å²) in [7, 11) is 0. The fourth-order valence-electron chi connectivity index (χ4n) is 5.36. The van der Waals surface area contributed by atoms with E-state index in [9.17, 15) is 4.79 Å². The summed E-state index contributed by atoms with van der Waals surface area (Å²) >= 11 is 0. The molecule has 0 saturated heterocycles. The zero-order valence-electron chi connectivity index (χ0n) is 13.2. The van der Waals surface area contributed by atoms with Crippen LogP contribution in [0.25, 0.3) is 0 Å². The van der Waals surface area contributed by atoms with Gasteiger partial charge in [-0.25, -0.2) is 4.79 Å². The van der Waals surface area contributed by atoms with E-state index in [4.69, 9.17) is 4.74 Å². The molecule has 4 unspecified atom stereocenters. The smallest absolute Gasteiger partial charge is 0.333 e. The number of hydrogen-bond donors (Lipinski definition) is 0. The van der Waals surface area contributed by atoms with Gasteiger partial charge >= 0.3 is 5.97 Å². The van der Waals surface area contributed by atoms with Gasteiger partial charge in [-0.1, -0.05) is 26.8 Å². The van der Waals surface area contributed by atoms with Crippen LogP contribution in [0, 0.1) is 23.2 Å². The summed E-state index contributed by atoms with van der Waals surface area (Å²) in [6.07, 6.45) is 8.79. The third-order valence-corrected chi connectivity index (χ3v) is 6.46. The molecule has 0 aromatic heterocycles. The number of carbonyl (C=O) groups excluding carboxylic acids is 1. The first-order valence-corrected chi connectivity index (χ1v) is 8.24. The molecule has 20 heavy (non-hydrogen) atoms. The first kappa shape index (κ1) is 14.2. The molecule has 0 amide bonds. The predicted octanol–water partition coefficient (Wildman–Crippen LogP) is 4.49. The van der Waals surface area contributed by atoms with Crippen molar-refractivity contribution in [1.82, 2.24) is 0 Å². The maximum absolute atomic E-state index is 12.2. The summed E-state index contributed by atoms with van der Waals surface area (Å²) in [5.41, 5.74) is 0.408. The van der Waals surface area contributed by atoms with Gasteiger partial charge in [0.05, 0.1) is 0 Å². The quantitative estimate of drug-likeness (QED) is 0.561. The molecule has 3 saturated carbocycles. The average Bonchev–Trinajstić information content (AvgIpc) is 3.04. The number of esters is 1. The lowest BCUT2D eigenvalue weighted by Gasteiger charge is -2.48. The van der Waals surface area contributed by atoms with Gasteiger partial charge in [0.15, 0.2) is 0 Å². The van der Waals surface area contributed by atoms with Gasteiger partial charge in [0.2, 0.25) is 0 Å². The molecular formula is C18H28O2. The Kier molecular flexibility index (Phi) is 3.26. The van der Waals surface area contributed by atoms with E-state index < -0.39 is 0 Å². The van der Waals surface area contributed by atoms with Crippen LogP contribution in [0.1, 0.15) is 65.7 Å². The molecule has 4 atom stereocenters. The Labute approximate surface area is 123 Å². The second-order valence-electron chi connectivity index (χ2n) is 8.08.